The van der Waals surface area contributed by atoms with Gasteiger partial charge in [-0.05, 0) is 37.6 Å². The lowest BCUT2D eigenvalue weighted by atomic mass is 10.2. The summed E-state index contributed by atoms with van der Waals surface area (Å²) < 4.78 is 0. The summed E-state index contributed by atoms with van der Waals surface area (Å²) in [5.41, 5.74) is 2.70. The Morgan fingerprint density at radius 1 is 1.30 bits per heavy atom. The van der Waals surface area contributed by atoms with Crippen molar-refractivity contribution in [3.05, 3.63) is 45.9 Å². The molecule has 1 aromatic carbocycles. The number of carbonyl (C=O) groups is 1. The van der Waals surface area contributed by atoms with Crippen molar-refractivity contribution in [2.45, 2.75) is 26.8 Å². The molecule has 5 heteroatoms. The van der Waals surface area contributed by atoms with E-state index in [1.807, 2.05) is 36.6 Å². The fourth-order valence-corrected chi connectivity index (χ4v) is 2.46. The summed E-state index contributed by atoms with van der Waals surface area (Å²) in [6, 6.07) is 7.52. The summed E-state index contributed by atoms with van der Waals surface area (Å²) in [5.74, 6) is -0.0695. The highest BCUT2D eigenvalue weighted by Crippen LogP contribution is 2.11. The van der Waals surface area contributed by atoms with E-state index in [4.69, 9.17) is 0 Å². The molecule has 0 saturated heterocycles. The van der Waals surface area contributed by atoms with Crippen LogP contribution in [0.4, 0.5) is 5.69 Å². The molecule has 4 nitrogen and oxygen atoms in total. The predicted octanol–water partition coefficient (Wildman–Crippen LogP) is 3.20. The minimum absolute atomic E-state index is 0.0695. The summed E-state index contributed by atoms with van der Waals surface area (Å²) in [5, 5.41) is 9.07. The zero-order valence-corrected chi connectivity index (χ0v) is 12.6. The van der Waals surface area contributed by atoms with E-state index in [2.05, 4.69) is 22.5 Å². The highest BCUT2D eigenvalue weighted by atomic mass is 32.1. The van der Waals surface area contributed by atoms with Gasteiger partial charge in [0, 0.05) is 28.9 Å². The maximum absolute atomic E-state index is 12.0. The van der Waals surface area contributed by atoms with Crippen LogP contribution in [0, 0.1) is 6.92 Å². The lowest BCUT2D eigenvalue weighted by molar-refractivity contribution is 0.0951. The maximum atomic E-state index is 12.0. The second kappa shape index (κ2) is 7.05. The van der Waals surface area contributed by atoms with Crippen LogP contribution in [0.3, 0.4) is 0 Å². The third-order valence-electron chi connectivity index (χ3n) is 2.79. The quantitative estimate of drug-likeness (QED) is 0.858. The molecule has 0 saturated carbocycles. The molecule has 0 aliphatic heterocycles. The van der Waals surface area contributed by atoms with Gasteiger partial charge >= 0.3 is 0 Å². The number of hydrogen-bond acceptors (Lipinski definition) is 4. The van der Waals surface area contributed by atoms with E-state index >= 15 is 0 Å². The SMILES string of the molecule is CCCNc1ccc(C(=O)NCc2nc(C)cs2)cc1. The number of nitrogens with zero attached hydrogens (tertiary/aromatic N) is 1. The van der Waals surface area contributed by atoms with Crippen molar-refractivity contribution < 1.29 is 4.79 Å². The Bertz CT molecular complexity index is 563. The number of benzene rings is 1. The highest BCUT2D eigenvalue weighted by Gasteiger charge is 2.06. The van der Waals surface area contributed by atoms with Crippen molar-refractivity contribution in [3.8, 4) is 0 Å². The van der Waals surface area contributed by atoms with Crippen LogP contribution in [0.1, 0.15) is 34.4 Å². The Balaban J connectivity index is 1.88. The van der Waals surface area contributed by atoms with Gasteiger partial charge in [0.1, 0.15) is 5.01 Å². The number of thiazole rings is 1. The van der Waals surface area contributed by atoms with E-state index in [-0.39, 0.29) is 5.91 Å². The minimum atomic E-state index is -0.0695. The molecule has 1 aromatic heterocycles. The van der Waals surface area contributed by atoms with Crippen molar-refractivity contribution >= 4 is 22.9 Å². The van der Waals surface area contributed by atoms with Gasteiger partial charge in [-0.2, -0.15) is 0 Å². The van der Waals surface area contributed by atoms with Crippen molar-refractivity contribution in [1.29, 1.82) is 0 Å². The van der Waals surface area contributed by atoms with Crippen LogP contribution in [0.2, 0.25) is 0 Å². The first-order valence-corrected chi connectivity index (χ1v) is 7.60. The van der Waals surface area contributed by atoms with Crippen LogP contribution >= 0.6 is 11.3 Å². The topological polar surface area (TPSA) is 54.0 Å². The molecule has 0 atom stereocenters. The van der Waals surface area contributed by atoms with Gasteiger partial charge in [-0.15, -0.1) is 11.3 Å². The first-order valence-electron chi connectivity index (χ1n) is 6.72. The minimum Gasteiger partial charge on any atom is -0.385 e. The van der Waals surface area contributed by atoms with E-state index in [9.17, 15) is 4.79 Å². The van der Waals surface area contributed by atoms with Gasteiger partial charge in [-0.1, -0.05) is 6.92 Å². The van der Waals surface area contributed by atoms with Crippen LogP contribution in [-0.2, 0) is 6.54 Å². The molecule has 0 bridgehead atoms. The number of aromatic nitrogens is 1. The molecule has 106 valence electrons. The van der Waals surface area contributed by atoms with Gasteiger partial charge in [-0.25, -0.2) is 4.98 Å². The summed E-state index contributed by atoms with van der Waals surface area (Å²) in [4.78, 5) is 16.3. The first kappa shape index (κ1) is 14.5. The van der Waals surface area contributed by atoms with Crippen molar-refractivity contribution in [2.24, 2.45) is 0 Å². The second-order valence-electron chi connectivity index (χ2n) is 4.57. The summed E-state index contributed by atoms with van der Waals surface area (Å²) in [6.07, 6.45) is 1.08. The third-order valence-corrected chi connectivity index (χ3v) is 3.76. The molecule has 2 N–H and O–H groups in total. The Hall–Kier alpha value is -1.88. The van der Waals surface area contributed by atoms with Crippen LogP contribution < -0.4 is 10.6 Å². The lowest BCUT2D eigenvalue weighted by Crippen LogP contribution is -2.22. The van der Waals surface area contributed by atoms with E-state index in [1.54, 1.807) is 11.3 Å². The molecule has 0 aliphatic carbocycles. The van der Waals surface area contributed by atoms with E-state index in [1.165, 1.54) is 0 Å². The Morgan fingerprint density at radius 2 is 2.05 bits per heavy atom. The van der Waals surface area contributed by atoms with Gasteiger partial charge in [0.05, 0.1) is 6.54 Å². The standard InChI is InChI=1S/C15H19N3OS/c1-3-8-16-13-6-4-12(5-7-13)15(19)17-9-14-18-11(2)10-20-14/h4-7,10,16H,3,8-9H2,1-2H3,(H,17,19). The van der Waals surface area contributed by atoms with Crippen LogP contribution in [0.15, 0.2) is 29.6 Å². The van der Waals surface area contributed by atoms with Crippen molar-refractivity contribution in [3.63, 3.8) is 0 Å². The molecule has 0 fully saturated rings. The molecule has 0 aliphatic rings. The fourth-order valence-electron chi connectivity index (χ4n) is 1.75. The molecule has 0 unspecified atom stereocenters. The van der Waals surface area contributed by atoms with Gasteiger partial charge in [0.15, 0.2) is 0 Å². The van der Waals surface area contributed by atoms with E-state index in [0.717, 1.165) is 29.4 Å². The normalized spacial score (nSPS) is 10.3. The molecule has 1 amide bonds. The lowest BCUT2D eigenvalue weighted by Gasteiger charge is -2.06. The maximum Gasteiger partial charge on any atom is 0.251 e. The Kier molecular flexibility index (Phi) is 5.12. The molecule has 2 rings (SSSR count). The van der Waals surface area contributed by atoms with Gasteiger partial charge in [0.25, 0.3) is 5.91 Å². The van der Waals surface area contributed by atoms with Crippen LogP contribution in [0.25, 0.3) is 0 Å². The molecule has 20 heavy (non-hydrogen) atoms. The average molecular weight is 289 g/mol. The van der Waals surface area contributed by atoms with Crippen molar-refractivity contribution in [1.82, 2.24) is 10.3 Å². The Labute approximate surface area is 123 Å². The monoisotopic (exact) mass is 289 g/mol. The summed E-state index contributed by atoms with van der Waals surface area (Å²) >= 11 is 1.56. The molecule has 1 heterocycles. The van der Waals surface area contributed by atoms with Gasteiger partial charge in [0.2, 0.25) is 0 Å². The first-order chi connectivity index (χ1) is 9.69. The fraction of sp³-hybridized carbons (Fsp3) is 0.333. The summed E-state index contributed by atoms with van der Waals surface area (Å²) in [7, 11) is 0. The van der Waals surface area contributed by atoms with Crippen LogP contribution in [0.5, 0.6) is 0 Å². The van der Waals surface area contributed by atoms with Crippen molar-refractivity contribution in [2.75, 3.05) is 11.9 Å². The molecule has 0 radical (unpaired) electrons. The smallest absolute Gasteiger partial charge is 0.251 e. The molecule has 0 spiro atoms. The van der Waals surface area contributed by atoms with Gasteiger partial charge in [-0.3, -0.25) is 4.79 Å². The molecular weight excluding hydrogens is 270 g/mol. The number of anilines is 1. The average Bonchev–Trinajstić information content (AvgIpc) is 2.89. The molecule has 2 aromatic rings. The number of rotatable bonds is 6. The van der Waals surface area contributed by atoms with E-state index in [0.29, 0.717) is 12.1 Å². The highest BCUT2D eigenvalue weighted by molar-refractivity contribution is 7.09. The number of nitrogens with one attached hydrogen (secondary N) is 2. The third kappa shape index (κ3) is 4.06. The van der Waals surface area contributed by atoms with Gasteiger partial charge < -0.3 is 10.6 Å². The number of carbonyl (C=O) groups excluding carboxylic acids is 1. The predicted molar refractivity (Wildman–Crippen MR) is 83.2 cm³/mol. The Morgan fingerprint density at radius 3 is 2.65 bits per heavy atom. The number of amides is 1. The number of aryl methyl sites for hydroxylation is 1. The zero-order valence-electron chi connectivity index (χ0n) is 11.8. The molecular formula is C15H19N3OS. The summed E-state index contributed by atoms with van der Waals surface area (Å²) in [6.45, 7) is 5.49. The number of hydrogen-bond donors (Lipinski definition) is 2. The van der Waals surface area contributed by atoms with E-state index < -0.39 is 0 Å². The zero-order chi connectivity index (χ0) is 14.4. The largest absolute Gasteiger partial charge is 0.385 e. The second-order valence-corrected chi connectivity index (χ2v) is 5.51. The van der Waals surface area contributed by atoms with Crippen LogP contribution in [-0.4, -0.2) is 17.4 Å².